The standard InChI is InChI=1S/C17H17F2NO/c1-13-7-9-15(10-8-13)20-16(21)17(18,19)12-11-14-5-3-2-4-6-14/h2-10H,11-12H2,1H3,(H,20,21). The minimum absolute atomic E-state index is 0.162. The first-order chi connectivity index (χ1) is 9.97. The Morgan fingerprint density at radius 2 is 1.67 bits per heavy atom. The fourth-order valence-electron chi connectivity index (χ4n) is 1.92. The van der Waals surface area contributed by atoms with E-state index in [0.717, 1.165) is 11.1 Å². The number of anilines is 1. The van der Waals surface area contributed by atoms with Gasteiger partial charge in [-0.25, -0.2) is 0 Å². The molecule has 0 saturated heterocycles. The van der Waals surface area contributed by atoms with Crippen LogP contribution in [0.3, 0.4) is 0 Å². The molecule has 2 rings (SSSR count). The van der Waals surface area contributed by atoms with Crippen molar-refractivity contribution >= 4 is 11.6 Å². The van der Waals surface area contributed by atoms with Crippen molar-refractivity contribution in [3.05, 3.63) is 65.7 Å². The summed E-state index contributed by atoms with van der Waals surface area (Å²) in [6, 6.07) is 15.7. The van der Waals surface area contributed by atoms with Crippen molar-refractivity contribution in [1.82, 2.24) is 0 Å². The molecule has 0 saturated carbocycles. The van der Waals surface area contributed by atoms with Crippen LogP contribution < -0.4 is 5.32 Å². The highest BCUT2D eigenvalue weighted by Crippen LogP contribution is 2.23. The molecular formula is C17H17F2NO. The molecule has 0 radical (unpaired) electrons. The monoisotopic (exact) mass is 289 g/mol. The molecule has 0 fully saturated rings. The summed E-state index contributed by atoms with van der Waals surface area (Å²) in [4.78, 5) is 11.7. The zero-order valence-corrected chi connectivity index (χ0v) is 11.8. The first-order valence-electron chi connectivity index (χ1n) is 6.77. The van der Waals surface area contributed by atoms with Crippen LogP contribution in [0.4, 0.5) is 14.5 Å². The summed E-state index contributed by atoms with van der Waals surface area (Å²) in [6.45, 7) is 1.89. The lowest BCUT2D eigenvalue weighted by Gasteiger charge is -2.16. The highest BCUT2D eigenvalue weighted by molar-refractivity contribution is 5.96. The van der Waals surface area contributed by atoms with E-state index in [1.807, 2.05) is 13.0 Å². The smallest absolute Gasteiger partial charge is 0.321 e. The van der Waals surface area contributed by atoms with E-state index in [1.54, 1.807) is 48.5 Å². The lowest BCUT2D eigenvalue weighted by molar-refractivity contribution is -0.140. The van der Waals surface area contributed by atoms with Crippen LogP contribution in [0.25, 0.3) is 0 Å². The summed E-state index contributed by atoms with van der Waals surface area (Å²) in [5.74, 6) is -4.65. The molecule has 4 heteroatoms. The summed E-state index contributed by atoms with van der Waals surface area (Å²) in [5.41, 5.74) is 2.18. The lowest BCUT2D eigenvalue weighted by atomic mass is 10.1. The fraction of sp³-hybridized carbons (Fsp3) is 0.235. The molecule has 1 amide bonds. The summed E-state index contributed by atoms with van der Waals surface area (Å²) in [7, 11) is 0. The van der Waals surface area contributed by atoms with Gasteiger partial charge >= 0.3 is 5.92 Å². The molecule has 0 aliphatic carbocycles. The van der Waals surface area contributed by atoms with Gasteiger partial charge in [0.15, 0.2) is 0 Å². The van der Waals surface area contributed by atoms with Crippen molar-refractivity contribution in [3.8, 4) is 0 Å². The van der Waals surface area contributed by atoms with Gasteiger partial charge in [-0.15, -0.1) is 0 Å². The van der Waals surface area contributed by atoms with E-state index in [0.29, 0.717) is 5.69 Å². The summed E-state index contributed by atoms with van der Waals surface area (Å²) in [6.07, 6.45) is -0.343. The SMILES string of the molecule is Cc1ccc(NC(=O)C(F)(F)CCc2ccccc2)cc1. The number of carbonyl (C=O) groups is 1. The van der Waals surface area contributed by atoms with Gasteiger partial charge in [0, 0.05) is 12.1 Å². The van der Waals surface area contributed by atoms with Crippen LogP contribution in [0.1, 0.15) is 17.5 Å². The second-order valence-electron chi connectivity index (χ2n) is 5.01. The maximum atomic E-state index is 13.9. The average Bonchev–Trinajstić information content (AvgIpc) is 2.48. The molecule has 110 valence electrons. The molecule has 0 spiro atoms. The quantitative estimate of drug-likeness (QED) is 0.878. The van der Waals surface area contributed by atoms with Crippen molar-refractivity contribution in [2.75, 3.05) is 5.32 Å². The Balaban J connectivity index is 1.95. The molecule has 0 aromatic heterocycles. The van der Waals surface area contributed by atoms with E-state index in [1.165, 1.54) is 0 Å². The average molecular weight is 289 g/mol. The molecule has 21 heavy (non-hydrogen) atoms. The van der Waals surface area contributed by atoms with Crippen LogP contribution in [0.2, 0.25) is 0 Å². The van der Waals surface area contributed by atoms with Gasteiger partial charge in [-0.3, -0.25) is 4.79 Å². The molecular weight excluding hydrogens is 272 g/mol. The second kappa shape index (κ2) is 6.48. The lowest BCUT2D eigenvalue weighted by Crippen LogP contribution is -2.35. The van der Waals surface area contributed by atoms with E-state index in [9.17, 15) is 13.6 Å². The van der Waals surface area contributed by atoms with Crippen LogP contribution in [0.15, 0.2) is 54.6 Å². The Morgan fingerprint density at radius 1 is 1.05 bits per heavy atom. The third kappa shape index (κ3) is 4.38. The molecule has 0 bridgehead atoms. The van der Waals surface area contributed by atoms with Crippen LogP contribution in [-0.4, -0.2) is 11.8 Å². The third-order valence-electron chi connectivity index (χ3n) is 3.21. The number of carbonyl (C=O) groups excluding carboxylic acids is 1. The Labute approximate surface area is 122 Å². The number of halogens is 2. The van der Waals surface area contributed by atoms with Crippen LogP contribution in [-0.2, 0) is 11.2 Å². The number of nitrogens with one attached hydrogen (secondary N) is 1. The summed E-state index contributed by atoms with van der Waals surface area (Å²) in [5, 5.41) is 2.26. The number of hydrogen-bond donors (Lipinski definition) is 1. The number of benzene rings is 2. The first kappa shape index (κ1) is 15.2. The summed E-state index contributed by atoms with van der Waals surface area (Å²) >= 11 is 0. The Kier molecular flexibility index (Phi) is 4.68. The molecule has 0 aliphatic rings. The Hall–Kier alpha value is -2.23. The summed E-state index contributed by atoms with van der Waals surface area (Å²) < 4.78 is 27.7. The van der Waals surface area contributed by atoms with E-state index in [-0.39, 0.29) is 6.42 Å². The van der Waals surface area contributed by atoms with E-state index in [2.05, 4.69) is 5.32 Å². The van der Waals surface area contributed by atoms with Gasteiger partial charge in [0.25, 0.3) is 5.91 Å². The Bertz CT molecular complexity index is 594. The van der Waals surface area contributed by atoms with Crippen molar-refractivity contribution in [1.29, 1.82) is 0 Å². The van der Waals surface area contributed by atoms with Crippen LogP contribution >= 0.6 is 0 Å². The molecule has 0 heterocycles. The van der Waals surface area contributed by atoms with Crippen LogP contribution in [0, 0.1) is 6.92 Å². The van der Waals surface area contributed by atoms with Gasteiger partial charge in [0.2, 0.25) is 0 Å². The highest BCUT2D eigenvalue weighted by atomic mass is 19.3. The van der Waals surface area contributed by atoms with Gasteiger partial charge in [0.05, 0.1) is 0 Å². The van der Waals surface area contributed by atoms with Gasteiger partial charge < -0.3 is 5.32 Å². The van der Waals surface area contributed by atoms with Gasteiger partial charge in [0.1, 0.15) is 0 Å². The number of alkyl halides is 2. The van der Waals surface area contributed by atoms with E-state index >= 15 is 0 Å². The zero-order chi connectivity index (χ0) is 15.3. The largest absolute Gasteiger partial charge is 0.325 e. The molecule has 0 aliphatic heterocycles. The molecule has 0 atom stereocenters. The molecule has 1 N–H and O–H groups in total. The second-order valence-corrected chi connectivity index (χ2v) is 5.01. The van der Waals surface area contributed by atoms with Crippen molar-refractivity contribution in [2.45, 2.75) is 25.7 Å². The molecule has 2 aromatic carbocycles. The van der Waals surface area contributed by atoms with Gasteiger partial charge in [-0.1, -0.05) is 48.0 Å². The van der Waals surface area contributed by atoms with Crippen LogP contribution in [0.5, 0.6) is 0 Å². The Morgan fingerprint density at radius 3 is 2.29 bits per heavy atom. The third-order valence-corrected chi connectivity index (χ3v) is 3.21. The predicted molar refractivity (Wildman–Crippen MR) is 79.5 cm³/mol. The van der Waals surface area contributed by atoms with E-state index in [4.69, 9.17) is 0 Å². The van der Waals surface area contributed by atoms with Crippen molar-refractivity contribution in [3.63, 3.8) is 0 Å². The maximum Gasteiger partial charge on any atom is 0.325 e. The van der Waals surface area contributed by atoms with Gasteiger partial charge in [-0.2, -0.15) is 8.78 Å². The minimum atomic E-state index is -3.39. The number of rotatable bonds is 5. The zero-order valence-electron chi connectivity index (χ0n) is 11.8. The maximum absolute atomic E-state index is 13.9. The van der Waals surface area contributed by atoms with Crippen molar-refractivity contribution in [2.24, 2.45) is 0 Å². The highest BCUT2D eigenvalue weighted by Gasteiger charge is 2.38. The van der Waals surface area contributed by atoms with E-state index < -0.39 is 18.3 Å². The predicted octanol–water partition coefficient (Wildman–Crippen LogP) is 4.20. The number of hydrogen-bond acceptors (Lipinski definition) is 1. The van der Waals surface area contributed by atoms with Crippen molar-refractivity contribution < 1.29 is 13.6 Å². The fourth-order valence-corrected chi connectivity index (χ4v) is 1.92. The topological polar surface area (TPSA) is 29.1 Å². The normalized spacial score (nSPS) is 11.2. The number of aryl methyl sites for hydroxylation is 2. The van der Waals surface area contributed by atoms with Gasteiger partial charge in [-0.05, 0) is 31.0 Å². The molecule has 0 unspecified atom stereocenters. The first-order valence-corrected chi connectivity index (χ1v) is 6.77. The number of amides is 1. The minimum Gasteiger partial charge on any atom is -0.321 e. The molecule has 2 nitrogen and oxygen atoms in total. The molecule has 2 aromatic rings.